The standard InChI is InChI=1S/C14H16O2/c1-3-7-8(4(1)12-11(3)15-12)10-6-2-5(9(7)10)13-14(6)16-13/h3-14H,1-2H2. The fourth-order valence-corrected chi connectivity index (χ4v) is 7.48. The van der Waals surface area contributed by atoms with Gasteiger partial charge in [0.1, 0.15) is 0 Å². The molecule has 8 atom stereocenters. The van der Waals surface area contributed by atoms with Crippen LogP contribution in [0.1, 0.15) is 12.8 Å². The molecule has 0 N–H and O–H groups in total. The fraction of sp³-hybridized carbons (Fsp3) is 1.00. The highest BCUT2D eigenvalue weighted by atomic mass is 16.6. The van der Waals surface area contributed by atoms with Crippen molar-refractivity contribution in [3.63, 3.8) is 0 Å². The van der Waals surface area contributed by atoms with Crippen LogP contribution in [-0.4, -0.2) is 24.4 Å². The summed E-state index contributed by atoms with van der Waals surface area (Å²) >= 11 is 0. The van der Waals surface area contributed by atoms with Crippen LogP contribution in [0.2, 0.25) is 0 Å². The molecule has 2 saturated heterocycles. The molecule has 0 aromatic rings. The molecule has 2 heteroatoms. The molecular weight excluding hydrogens is 200 g/mol. The molecule has 0 spiro atoms. The first-order valence-electron chi connectivity index (χ1n) is 7.24. The van der Waals surface area contributed by atoms with Gasteiger partial charge in [-0.2, -0.15) is 0 Å². The zero-order valence-electron chi connectivity index (χ0n) is 9.16. The van der Waals surface area contributed by atoms with Crippen LogP contribution in [0.25, 0.3) is 0 Å². The molecule has 5 saturated carbocycles. The van der Waals surface area contributed by atoms with Crippen LogP contribution in [0, 0.1) is 47.3 Å². The van der Waals surface area contributed by atoms with Crippen molar-refractivity contribution in [1.82, 2.24) is 0 Å². The highest BCUT2D eigenvalue weighted by molar-refractivity contribution is 5.29. The Morgan fingerprint density at radius 2 is 0.812 bits per heavy atom. The first-order valence-corrected chi connectivity index (χ1v) is 7.24. The Labute approximate surface area is 94.7 Å². The summed E-state index contributed by atoms with van der Waals surface area (Å²) in [5.41, 5.74) is 0. The van der Waals surface area contributed by atoms with Crippen molar-refractivity contribution in [2.24, 2.45) is 47.3 Å². The van der Waals surface area contributed by atoms with Gasteiger partial charge in [0.2, 0.25) is 0 Å². The summed E-state index contributed by atoms with van der Waals surface area (Å²) in [4.78, 5) is 0. The predicted octanol–water partition coefficient (Wildman–Crippen LogP) is 1.30. The fourth-order valence-electron chi connectivity index (χ4n) is 7.48. The number of epoxide rings is 2. The van der Waals surface area contributed by atoms with E-state index < -0.39 is 0 Å². The van der Waals surface area contributed by atoms with Gasteiger partial charge in [-0.1, -0.05) is 0 Å². The summed E-state index contributed by atoms with van der Waals surface area (Å²) in [5.74, 6) is 8.27. The summed E-state index contributed by atoms with van der Waals surface area (Å²) < 4.78 is 11.8. The molecule has 7 rings (SSSR count). The lowest BCUT2D eigenvalue weighted by molar-refractivity contribution is -0.0762. The Balaban J connectivity index is 1.40. The monoisotopic (exact) mass is 216 g/mol. The Morgan fingerprint density at radius 1 is 0.500 bits per heavy atom. The summed E-state index contributed by atoms with van der Waals surface area (Å²) in [6.45, 7) is 0. The molecule has 2 nitrogen and oxygen atoms in total. The van der Waals surface area contributed by atoms with Crippen molar-refractivity contribution >= 4 is 0 Å². The van der Waals surface area contributed by atoms with Gasteiger partial charge in [-0.05, 0) is 60.2 Å². The van der Waals surface area contributed by atoms with Crippen LogP contribution < -0.4 is 0 Å². The normalized spacial score (nSPS) is 87.0. The van der Waals surface area contributed by atoms with E-state index in [4.69, 9.17) is 9.47 Å². The zero-order chi connectivity index (χ0) is 9.76. The molecule has 4 bridgehead atoms. The first kappa shape index (κ1) is 7.38. The van der Waals surface area contributed by atoms with Crippen molar-refractivity contribution < 1.29 is 9.47 Å². The molecule has 0 radical (unpaired) electrons. The molecule has 84 valence electrons. The Hall–Kier alpha value is -0.0800. The number of rotatable bonds is 0. The van der Waals surface area contributed by atoms with Gasteiger partial charge in [0.15, 0.2) is 0 Å². The molecule has 0 aromatic heterocycles. The maximum absolute atomic E-state index is 5.88. The maximum Gasteiger partial charge on any atom is 0.0875 e. The van der Waals surface area contributed by atoms with Crippen LogP contribution in [0.5, 0.6) is 0 Å². The van der Waals surface area contributed by atoms with Crippen LogP contribution in [0.15, 0.2) is 0 Å². The Morgan fingerprint density at radius 3 is 1.12 bits per heavy atom. The lowest BCUT2D eigenvalue weighted by Crippen LogP contribution is -2.55. The third-order valence-corrected chi connectivity index (χ3v) is 7.65. The molecule has 7 fully saturated rings. The topological polar surface area (TPSA) is 25.1 Å². The van der Waals surface area contributed by atoms with Gasteiger partial charge in [-0.15, -0.1) is 0 Å². The summed E-state index contributed by atoms with van der Waals surface area (Å²) in [7, 11) is 0. The van der Waals surface area contributed by atoms with E-state index in [9.17, 15) is 0 Å². The number of hydrogen-bond acceptors (Lipinski definition) is 2. The van der Waals surface area contributed by atoms with E-state index in [-0.39, 0.29) is 0 Å². The summed E-state index contributed by atoms with van der Waals surface area (Å²) in [5, 5.41) is 0. The molecule has 16 heavy (non-hydrogen) atoms. The lowest BCUT2D eigenvalue weighted by Gasteiger charge is -2.55. The van der Waals surface area contributed by atoms with Crippen molar-refractivity contribution in [3.8, 4) is 0 Å². The van der Waals surface area contributed by atoms with Crippen molar-refractivity contribution in [1.29, 1.82) is 0 Å². The summed E-state index contributed by atoms with van der Waals surface area (Å²) in [6, 6.07) is 0. The van der Waals surface area contributed by atoms with Gasteiger partial charge >= 0.3 is 0 Å². The molecular formula is C14H16O2. The lowest BCUT2D eigenvalue weighted by atomic mass is 9.48. The second-order valence-electron chi connectivity index (χ2n) is 7.57. The van der Waals surface area contributed by atoms with Crippen LogP contribution in [0.3, 0.4) is 0 Å². The van der Waals surface area contributed by atoms with E-state index in [1.54, 1.807) is 0 Å². The number of fused-ring (bicyclic) bond motifs is 18. The van der Waals surface area contributed by atoms with Gasteiger partial charge in [0, 0.05) is 0 Å². The highest BCUT2D eigenvalue weighted by Crippen LogP contribution is 2.80. The molecule has 7 aliphatic rings. The van der Waals surface area contributed by atoms with Gasteiger partial charge < -0.3 is 9.47 Å². The number of ether oxygens (including phenoxy) is 2. The zero-order valence-corrected chi connectivity index (χ0v) is 9.16. The SMILES string of the molecule is C1C2C3OC3C1C1C2C2C3CC(C4OC34)C12. The molecule has 5 aliphatic carbocycles. The highest BCUT2D eigenvalue weighted by Gasteiger charge is 2.82. The van der Waals surface area contributed by atoms with Gasteiger partial charge in [0.25, 0.3) is 0 Å². The molecule has 2 aliphatic heterocycles. The van der Waals surface area contributed by atoms with E-state index in [1.807, 2.05) is 0 Å². The van der Waals surface area contributed by atoms with Crippen molar-refractivity contribution in [3.05, 3.63) is 0 Å². The molecule has 2 heterocycles. The van der Waals surface area contributed by atoms with Gasteiger partial charge in [0.05, 0.1) is 24.4 Å². The Bertz CT molecular complexity index is 350. The van der Waals surface area contributed by atoms with E-state index in [0.29, 0.717) is 0 Å². The van der Waals surface area contributed by atoms with E-state index in [1.165, 1.54) is 12.8 Å². The quantitative estimate of drug-likeness (QED) is 0.450. The van der Waals surface area contributed by atoms with Gasteiger partial charge in [-0.25, -0.2) is 0 Å². The van der Waals surface area contributed by atoms with E-state index in [0.717, 1.165) is 71.8 Å². The van der Waals surface area contributed by atoms with E-state index in [2.05, 4.69) is 0 Å². The predicted molar refractivity (Wildman–Crippen MR) is 54.5 cm³/mol. The van der Waals surface area contributed by atoms with Crippen LogP contribution in [0.4, 0.5) is 0 Å². The minimum Gasteiger partial charge on any atom is -0.369 e. The molecule has 8 unspecified atom stereocenters. The smallest absolute Gasteiger partial charge is 0.0875 e. The Kier molecular flexibility index (Phi) is 0.836. The van der Waals surface area contributed by atoms with Crippen molar-refractivity contribution in [2.45, 2.75) is 37.3 Å². The van der Waals surface area contributed by atoms with Gasteiger partial charge in [-0.3, -0.25) is 0 Å². The minimum atomic E-state index is 0.724. The number of hydrogen-bond donors (Lipinski definition) is 0. The second-order valence-corrected chi connectivity index (χ2v) is 7.57. The average molecular weight is 216 g/mol. The largest absolute Gasteiger partial charge is 0.369 e. The third kappa shape index (κ3) is 0.504. The minimum absolute atomic E-state index is 0.724. The third-order valence-electron chi connectivity index (χ3n) is 7.65. The van der Waals surface area contributed by atoms with Crippen LogP contribution in [-0.2, 0) is 9.47 Å². The first-order chi connectivity index (χ1) is 7.93. The van der Waals surface area contributed by atoms with Crippen LogP contribution >= 0.6 is 0 Å². The van der Waals surface area contributed by atoms with E-state index >= 15 is 0 Å². The summed E-state index contributed by atoms with van der Waals surface area (Å²) in [6.07, 6.45) is 5.97. The average Bonchev–Trinajstić information content (AvgIpc) is 3.12. The maximum atomic E-state index is 5.88. The molecule has 0 aromatic carbocycles. The second kappa shape index (κ2) is 1.81. The molecule has 0 amide bonds. The van der Waals surface area contributed by atoms with Crippen molar-refractivity contribution in [2.75, 3.05) is 0 Å².